The van der Waals surface area contributed by atoms with Gasteiger partial charge in [0.25, 0.3) is 11.5 Å². The summed E-state index contributed by atoms with van der Waals surface area (Å²) in [5.74, 6) is 1.26. The van der Waals surface area contributed by atoms with Crippen molar-refractivity contribution in [2.75, 3.05) is 20.2 Å². The fraction of sp³-hybridized carbons (Fsp3) is 0.345. The first-order chi connectivity index (χ1) is 17.8. The normalized spacial score (nSPS) is 15.4. The van der Waals surface area contributed by atoms with E-state index in [1.807, 2.05) is 89.2 Å². The molecule has 0 saturated carbocycles. The third-order valence-corrected chi connectivity index (χ3v) is 7.27. The standard InChI is InChI=1S/C29H33N3O4S/c1-7-31(8-2)28(34)25-19(5)30-29-32(26(25)22-11-9-10-12-23(22)35-6)27(33)24(37-29)17-20-13-15-21(16-14-20)36-18(3)4/h9-18,26H,7-8H2,1-6H3/b24-17+/t26-/m0/s1. The van der Waals surface area contributed by atoms with E-state index < -0.39 is 6.04 Å². The SMILES string of the molecule is CCN(CC)C(=O)C1=C(C)N=c2s/c(=C/c3ccc(OC(C)C)cc3)c(=O)n2[C@H]1c1ccccc1OC. The molecule has 0 fully saturated rings. The Morgan fingerprint density at radius 1 is 1.14 bits per heavy atom. The van der Waals surface area contributed by atoms with E-state index in [1.54, 1.807) is 16.6 Å². The van der Waals surface area contributed by atoms with Gasteiger partial charge in [0.2, 0.25) is 0 Å². The molecule has 4 rings (SSSR count). The Kier molecular flexibility index (Phi) is 7.97. The zero-order valence-electron chi connectivity index (χ0n) is 22.1. The van der Waals surface area contributed by atoms with Crippen molar-refractivity contribution in [1.82, 2.24) is 9.47 Å². The molecule has 0 aliphatic carbocycles. The van der Waals surface area contributed by atoms with Crippen LogP contribution in [0.4, 0.5) is 0 Å². The summed E-state index contributed by atoms with van der Waals surface area (Å²) in [7, 11) is 1.59. The Balaban J connectivity index is 1.90. The van der Waals surface area contributed by atoms with Crippen LogP contribution in [0, 0.1) is 0 Å². The number of amides is 1. The predicted molar refractivity (Wildman–Crippen MR) is 147 cm³/mol. The van der Waals surface area contributed by atoms with Crippen molar-refractivity contribution < 1.29 is 14.3 Å². The van der Waals surface area contributed by atoms with Gasteiger partial charge in [0.15, 0.2) is 4.80 Å². The number of para-hydroxylation sites is 1. The van der Waals surface area contributed by atoms with E-state index in [0.29, 0.717) is 39.4 Å². The van der Waals surface area contributed by atoms with Crippen molar-refractivity contribution in [2.45, 2.75) is 46.8 Å². The van der Waals surface area contributed by atoms with Crippen LogP contribution in [0.25, 0.3) is 6.08 Å². The highest BCUT2D eigenvalue weighted by molar-refractivity contribution is 7.07. The number of thiazole rings is 1. The molecule has 1 aliphatic heterocycles. The lowest BCUT2D eigenvalue weighted by Gasteiger charge is -2.29. The quantitative estimate of drug-likeness (QED) is 0.453. The Morgan fingerprint density at radius 2 is 1.81 bits per heavy atom. The number of ether oxygens (including phenoxy) is 2. The van der Waals surface area contributed by atoms with Crippen LogP contribution in [0.15, 0.2) is 69.6 Å². The smallest absolute Gasteiger partial charge is 0.271 e. The maximum atomic E-state index is 13.9. The molecule has 0 bridgehead atoms. The molecule has 0 radical (unpaired) electrons. The summed E-state index contributed by atoms with van der Waals surface area (Å²) in [6, 6.07) is 14.5. The van der Waals surface area contributed by atoms with Gasteiger partial charge in [0.1, 0.15) is 17.5 Å². The van der Waals surface area contributed by atoms with Crippen LogP contribution >= 0.6 is 11.3 Å². The third kappa shape index (κ3) is 5.25. The summed E-state index contributed by atoms with van der Waals surface area (Å²) in [4.78, 5) is 34.6. The van der Waals surface area contributed by atoms with Gasteiger partial charge in [-0.3, -0.25) is 14.2 Å². The second-order valence-corrected chi connectivity index (χ2v) is 10.0. The number of aromatic nitrogens is 1. The molecule has 3 aromatic rings. The second kappa shape index (κ2) is 11.2. The van der Waals surface area contributed by atoms with Crippen molar-refractivity contribution in [3.05, 3.63) is 90.6 Å². The molecule has 2 aromatic carbocycles. The summed E-state index contributed by atoms with van der Waals surface area (Å²) < 4.78 is 13.6. The lowest BCUT2D eigenvalue weighted by molar-refractivity contribution is -0.127. The first-order valence-electron chi connectivity index (χ1n) is 12.5. The molecule has 0 saturated heterocycles. The van der Waals surface area contributed by atoms with Gasteiger partial charge in [0, 0.05) is 18.7 Å². The highest BCUT2D eigenvalue weighted by Crippen LogP contribution is 2.36. The number of rotatable bonds is 8. The average Bonchev–Trinajstić information content (AvgIpc) is 3.18. The van der Waals surface area contributed by atoms with Crippen molar-refractivity contribution in [3.8, 4) is 11.5 Å². The van der Waals surface area contributed by atoms with Crippen LogP contribution in [0.1, 0.15) is 51.8 Å². The maximum Gasteiger partial charge on any atom is 0.271 e. The summed E-state index contributed by atoms with van der Waals surface area (Å²) in [6.45, 7) is 10.8. The number of carbonyl (C=O) groups excluding carboxylic acids is 1. The minimum absolute atomic E-state index is 0.0843. The molecule has 1 aromatic heterocycles. The molecule has 194 valence electrons. The van der Waals surface area contributed by atoms with Gasteiger partial charge in [0.05, 0.1) is 29.0 Å². The molecule has 2 heterocycles. The van der Waals surface area contributed by atoms with Gasteiger partial charge >= 0.3 is 0 Å². The summed E-state index contributed by atoms with van der Waals surface area (Å²) in [5.41, 5.74) is 2.53. The minimum Gasteiger partial charge on any atom is -0.496 e. The number of likely N-dealkylation sites (N-methyl/N-ethyl adjacent to an activating group) is 1. The van der Waals surface area contributed by atoms with Gasteiger partial charge in [-0.25, -0.2) is 4.99 Å². The molecular formula is C29H33N3O4S. The van der Waals surface area contributed by atoms with Crippen LogP contribution in [-0.4, -0.2) is 41.7 Å². The van der Waals surface area contributed by atoms with E-state index in [9.17, 15) is 9.59 Å². The van der Waals surface area contributed by atoms with Crippen LogP contribution < -0.4 is 24.4 Å². The highest BCUT2D eigenvalue weighted by atomic mass is 32.1. The molecule has 0 N–H and O–H groups in total. The summed E-state index contributed by atoms with van der Waals surface area (Å²) in [6.07, 6.45) is 1.94. The lowest BCUT2D eigenvalue weighted by Crippen LogP contribution is -2.43. The molecule has 37 heavy (non-hydrogen) atoms. The Labute approximate surface area is 221 Å². The maximum absolute atomic E-state index is 13.9. The molecule has 1 aliphatic rings. The van der Waals surface area contributed by atoms with E-state index in [-0.39, 0.29) is 17.6 Å². The molecule has 0 unspecified atom stereocenters. The van der Waals surface area contributed by atoms with E-state index in [0.717, 1.165) is 16.9 Å². The lowest BCUT2D eigenvalue weighted by atomic mass is 9.94. The van der Waals surface area contributed by atoms with Gasteiger partial charge in [-0.15, -0.1) is 0 Å². The van der Waals surface area contributed by atoms with E-state index in [2.05, 4.69) is 0 Å². The van der Waals surface area contributed by atoms with E-state index in [4.69, 9.17) is 14.5 Å². The zero-order chi connectivity index (χ0) is 26.7. The van der Waals surface area contributed by atoms with Crippen molar-refractivity contribution in [2.24, 2.45) is 4.99 Å². The second-order valence-electron chi connectivity index (χ2n) is 9.04. The minimum atomic E-state index is -0.649. The van der Waals surface area contributed by atoms with Gasteiger partial charge in [-0.2, -0.15) is 0 Å². The Hall–Kier alpha value is -3.65. The number of fused-ring (bicyclic) bond motifs is 1. The summed E-state index contributed by atoms with van der Waals surface area (Å²) >= 11 is 1.32. The number of methoxy groups -OCH3 is 1. The highest BCUT2D eigenvalue weighted by Gasteiger charge is 2.35. The van der Waals surface area contributed by atoms with Crippen LogP contribution in [-0.2, 0) is 4.79 Å². The molecule has 1 atom stereocenters. The van der Waals surface area contributed by atoms with E-state index >= 15 is 0 Å². The number of benzene rings is 2. The van der Waals surface area contributed by atoms with E-state index in [1.165, 1.54) is 11.3 Å². The summed E-state index contributed by atoms with van der Waals surface area (Å²) in [5, 5.41) is 0. The predicted octanol–water partition coefficient (Wildman–Crippen LogP) is 3.90. The zero-order valence-corrected chi connectivity index (χ0v) is 23.0. The Morgan fingerprint density at radius 3 is 2.43 bits per heavy atom. The molecule has 7 nitrogen and oxygen atoms in total. The fourth-order valence-corrected chi connectivity index (χ4v) is 5.58. The number of hydrogen-bond donors (Lipinski definition) is 0. The molecular weight excluding hydrogens is 486 g/mol. The molecule has 1 amide bonds. The van der Waals surface area contributed by atoms with Crippen LogP contribution in [0.5, 0.6) is 11.5 Å². The Bertz CT molecular complexity index is 1500. The number of hydrogen-bond acceptors (Lipinski definition) is 6. The largest absolute Gasteiger partial charge is 0.496 e. The van der Waals surface area contributed by atoms with Crippen molar-refractivity contribution in [1.29, 1.82) is 0 Å². The van der Waals surface area contributed by atoms with Gasteiger partial charge in [-0.05, 0) is 64.5 Å². The monoisotopic (exact) mass is 519 g/mol. The number of nitrogens with zero attached hydrogens (tertiary/aromatic N) is 3. The third-order valence-electron chi connectivity index (χ3n) is 6.29. The molecule has 0 spiro atoms. The number of carbonyl (C=O) groups is 1. The van der Waals surface area contributed by atoms with Gasteiger partial charge < -0.3 is 14.4 Å². The average molecular weight is 520 g/mol. The molecule has 8 heteroatoms. The fourth-order valence-electron chi connectivity index (χ4n) is 4.53. The van der Waals surface area contributed by atoms with Crippen molar-refractivity contribution >= 4 is 23.3 Å². The van der Waals surface area contributed by atoms with Crippen LogP contribution in [0.3, 0.4) is 0 Å². The first-order valence-corrected chi connectivity index (χ1v) is 13.3. The first kappa shape index (κ1) is 26.4. The van der Waals surface area contributed by atoms with Gasteiger partial charge in [-0.1, -0.05) is 41.7 Å². The van der Waals surface area contributed by atoms with Crippen molar-refractivity contribution in [3.63, 3.8) is 0 Å². The topological polar surface area (TPSA) is 73.1 Å². The number of allylic oxidation sites excluding steroid dienone is 1. The van der Waals surface area contributed by atoms with Crippen LogP contribution in [0.2, 0.25) is 0 Å².